The number of rotatable bonds is 7. The first-order valence-corrected chi connectivity index (χ1v) is 7.42. The van der Waals surface area contributed by atoms with Crippen molar-refractivity contribution in [2.75, 3.05) is 20.6 Å². The molecule has 1 rings (SSSR count). The molecule has 0 spiro atoms. The van der Waals surface area contributed by atoms with Crippen molar-refractivity contribution in [3.8, 4) is 0 Å². The molecule has 1 unspecified atom stereocenters. The summed E-state index contributed by atoms with van der Waals surface area (Å²) in [6.07, 6.45) is 2.49. The smallest absolute Gasteiger partial charge is 0.0328 e. The normalized spacial score (nSPS) is 13.3. The Morgan fingerprint density at radius 2 is 2.31 bits per heavy atom. The van der Waals surface area contributed by atoms with Gasteiger partial charge in [-0.3, -0.25) is 4.90 Å². The van der Waals surface area contributed by atoms with Crippen LogP contribution in [0.5, 0.6) is 0 Å². The number of halogens is 1. The van der Waals surface area contributed by atoms with Crippen LogP contribution >= 0.6 is 27.3 Å². The maximum absolute atomic E-state index is 3.50. The second kappa shape index (κ2) is 7.43. The van der Waals surface area contributed by atoms with Crippen LogP contribution in [0.15, 0.2) is 15.9 Å². The molecule has 1 N–H and O–H groups in total. The summed E-state index contributed by atoms with van der Waals surface area (Å²) in [5, 5.41) is 5.43. The lowest BCUT2D eigenvalue weighted by Gasteiger charge is -2.27. The van der Waals surface area contributed by atoms with Gasteiger partial charge < -0.3 is 5.32 Å². The van der Waals surface area contributed by atoms with Crippen LogP contribution in [-0.2, 0) is 6.54 Å². The Hall–Kier alpha value is 0.1000. The van der Waals surface area contributed by atoms with Crippen molar-refractivity contribution in [1.82, 2.24) is 10.2 Å². The van der Waals surface area contributed by atoms with Crippen LogP contribution in [0.1, 0.15) is 24.6 Å². The second-order valence-corrected chi connectivity index (χ2v) is 6.06. The van der Waals surface area contributed by atoms with E-state index in [-0.39, 0.29) is 0 Å². The first kappa shape index (κ1) is 14.2. The molecule has 0 fully saturated rings. The Balaban J connectivity index is 2.50. The van der Waals surface area contributed by atoms with Crippen molar-refractivity contribution in [3.05, 3.63) is 20.8 Å². The summed E-state index contributed by atoms with van der Waals surface area (Å²) >= 11 is 5.32. The number of nitrogens with zero attached hydrogens (tertiary/aromatic N) is 1. The van der Waals surface area contributed by atoms with E-state index in [9.17, 15) is 0 Å². The average molecular weight is 305 g/mol. The van der Waals surface area contributed by atoms with E-state index in [0.717, 1.165) is 13.1 Å². The summed E-state index contributed by atoms with van der Waals surface area (Å²) in [6.45, 7) is 4.36. The van der Waals surface area contributed by atoms with Crippen molar-refractivity contribution < 1.29 is 0 Å². The van der Waals surface area contributed by atoms with Gasteiger partial charge in [0, 0.05) is 33.9 Å². The van der Waals surface area contributed by atoms with Crippen LogP contribution in [0.3, 0.4) is 0 Å². The summed E-state index contributed by atoms with van der Waals surface area (Å²) in [7, 11) is 4.24. The third-order valence-corrected chi connectivity index (χ3v) is 4.39. The van der Waals surface area contributed by atoms with Crippen molar-refractivity contribution in [1.29, 1.82) is 0 Å². The minimum atomic E-state index is 0.635. The summed E-state index contributed by atoms with van der Waals surface area (Å²) in [4.78, 5) is 3.87. The monoisotopic (exact) mass is 304 g/mol. The lowest BCUT2D eigenvalue weighted by Crippen LogP contribution is -2.38. The van der Waals surface area contributed by atoms with Gasteiger partial charge >= 0.3 is 0 Å². The molecule has 1 heterocycles. The number of nitrogens with one attached hydrogen (secondary N) is 1. The lowest BCUT2D eigenvalue weighted by molar-refractivity contribution is 0.219. The molecule has 0 bridgehead atoms. The molecule has 92 valence electrons. The van der Waals surface area contributed by atoms with Gasteiger partial charge in [0.2, 0.25) is 0 Å². The van der Waals surface area contributed by atoms with E-state index in [1.54, 1.807) is 0 Å². The van der Waals surface area contributed by atoms with Crippen molar-refractivity contribution in [2.24, 2.45) is 0 Å². The first-order valence-electron chi connectivity index (χ1n) is 5.75. The number of likely N-dealkylation sites (N-methyl/N-ethyl adjacent to an activating group) is 2. The van der Waals surface area contributed by atoms with Gasteiger partial charge in [0.1, 0.15) is 0 Å². The molecule has 2 nitrogen and oxygen atoms in total. The van der Waals surface area contributed by atoms with E-state index in [1.165, 1.54) is 22.2 Å². The fourth-order valence-electron chi connectivity index (χ4n) is 1.86. The summed E-state index contributed by atoms with van der Waals surface area (Å²) in [5.74, 6) is 0. The zero-order chi connectivity index (χ0) is 12.0. The van der Waals surface area contributed by atoms with Crippen molar-refractivity contribution in [3.63, 3.8) is 0 Å². The summed E-state index contributed by atoms with van der Waals surface area (Å²) < 4.78 is 1.20. The maximum atomic E-state index is 3.50. The molecule has 0 saturated carbocycles. The van der Waals surface area contributed by atoms with Crippen molar-refractivity contribution in [2.45, 2.75) is 32.4 Å². The third-order valence-electron chi connectivity index (χ3n) is 2.71. The molecule has 0 saturated heterocycles. The highest BCUT2D eigenvalue weighted by molar-refractivity contribution is 9.10. The summed E-state index contributed by atoms with van der Waals surface area (Å²) in [6, 6.07) is 2.85. The van der Waals surface area contributed by atoms with Crippen LogP contribution in [0, 0.1) is 0 Å². The number of hydrogen-bond donors (Lipinski definition) is 1. The molecule has 0 aliphatic carbocycles. The standard InChI is InChI=1S/C12H21BrN2S/c1-4-5-11(7-14-2)15(3)8-12-6-10(13)9-16-12/h6,9,11,14H,4-5,7-8H2,1-3H3. The highest BCUT2D eigenvalue weighted by atomic mass is 79.9. The first-order chi connectivity index (χ1) is 7.67. The largest absolute Gasteiger partial charge is 0.318 e. The van der Waals surface area contributed by atoms with Crippen LogP contribution < -0.4 is 5.32 Å². The lowest BCUT2D eigenvalue weighted by atomic mass is 10.1. The van der Waals surface area contributed by atoms with E-state index in [2.05, 4.69) is 51.6 Å². The zero-order valence-electron chi connectivity index (χ0n) is 10.3. The molecule has 1 aromatic heterocycles. The maximum Gasteiger partial charge on any atom is 0.0328 e. The van der Waals surface area contributed by atoms with Crippen LogP contribution in [-0.4, -0.2) is 31.6 Å². The predicted molar refractivity (Wildman–Crippen MR) is 76.1 cm³/mol. The molecule has 0 radical (unpaired) electrons. The quantitative estimate of drug-likeness (QED) is 0.831. The average Bonchev–Trinajstić information content (AvgIpc) is 2.63. The molecule has 4 heteroatoms. The van der Waals surface area contributed by atoms with Gasteiger partial charge in [0.25, 0.3) is 0 Å². The van der Waals surface area contributed by atoms with Gasteiger partial charge in [-0.05, 0) is 42.5 Å². The van der Waals surface area contributed by atoms with Gasteiger partial charge in [-0.15, -0.1) is 11.3 Å². The van der Waals surface area contributed by atoms with Gasteiger partial charge in [-0.1, -0.05) is 13.3 Å². The van der Waals surface area contributed by atoms with E-state index >= 15 is 0 Å². The van der Waals surface area contributed by atoms with Crippen LogP contribution in [0.25, 0.3) is 0 Å². The van der Waals surface area contributed by atoms with Gasteiger partial charge in [-0.2, -0.15) is 0 Å². The Labute approximate surface area is 111 Å². The molecule has 1 aromatic rings. The molecule has 0 aliphatic rings. The van der Waals surface area contributed by atoms with E-state index in [1.807, 2.05) is 18.4 Å². The van der Waals surface area contributed by atoms with E-state index in [4.69, 9.17) is 0 Å². The Morgan fingerprint density at radius 3 is 2.81 bits per heavy atom. The molecule has 0 aromatic carbocycles. The number of hydrogen-bond acceptors (Lipinski definition) is 3. The van der Waals surface area contributed by atoms with Gasteiger partial charge in [0.15, 0.2) is 0 Å². The molecule has 1 atom stereocenters. The molecule has 16 heavy (non-hydrogen) atoms. The topological polar surface area (TPSA) is 15.3 Å². The van der Waals surface area contributed by atoms with Crippen LogP contribution in [0.2, 0.25) is 0 Å². The predicted octanol–water partition coefficient (Wildman–Crippen LogP) is 3.33. The molecular weight excluding hydrogens is 284 g/mol. The zero-order valence-corrected chi connectivity index (χ0v) is 12.7. The fourth-order valence-corrected chi connectivity index (χ4v) is 3.37. The third kappa shape index (κ3) is 4.53. The Bertz CT molecular complexity index is 295. The van der Waals surface area contributed by atoms with Gasteiger partial charge in [-0.25, -0.2) is 0 Å². The second-order valence-electron chi connectivity index (χ2n) is 4.15. The fraction of sp³-hybridized carbons (Fsp3) is 0.667. The SMILES string of the molecule is CCCC(CNC)N(C)Cc1cc(Br)cs1. The van der Waals surface area contributed by atoms with E-state index < -0.39 is 0 Å². The minimum Gasteiger partial charge on any atom is -0.318 e. The van der Waals surface area contributed by atoms with E-state index in [0.29, 0.717) is 6.04 Å². The molecule has 0 amide bonds. The Kier molecular flexibility index (Phi) is 6.58. The van der Waals surface area contributed by atoms with Crippen LogP contribution in [0.4, 0.5) is 0 Å². The molecular formula is C12H21BrN2S. The number of thiophene rings is 1. The summed E-state index contributed by atoms with van der Waals surface area (Å²) in [5.41, 5.74) is 0. The highest BCUT2D eigenvalue weighted by Gasteiger charge is 2.13. The Morgan fingerprint density at radius 1 is 1.56 bits per heavy atom. The molecule has 0 aliphatic heterocycles. The van der Waals surface area contributed by atoms with Crippen molar-refractivity contribution >= 4 is 27.3 Å². The minimum absolute atomic E-state index is 0.635. The highest BCUT2D eigenvalue weighted by Crippen LogP contribution is 2.21. The van der Waals surface area contributed by atoms with Gasteiger partial charge in [0.05, 0.1) is 0 Å².